The molecule has 1 unspecified atom stereocenters. The third-order valence-electron chi connectivity index (χ3n) is 14.3. The highest BCUT2D eigenvalue weighted by Gasteiger charge is 2.64. The first-order valence-corrected chi connectivity index (χ1v) is 24.7. The van der Waals surface area contributed by atoms with Crippen molar-refractivity contribution in [2.45, 2.75) is 97.9 Å². The highest BCUT2D eigenvalue weighted by Crippen LogP contribution is 2.56. The summed E-state index contributed by atoms with van der Waals surface area (Å²) >= 11 is 1.57. The molecule has 2 aromatic heterocycles. The maximum atomic E-state index is 14.1. The summed E-state index contributed by atoms with van der Waals surface area (Å²) < 4.78 is 53.0. The lowest BCUT2D eigenvalue weighted by atomic mass is 9.49. The van der Waals surface area contributed by atoms with Crippen LogP contribution < -0.4 is 25.6 Å². The molecule has 382 valence electrons. The standard InChI is InChI=1S/C52H60F3N9O7S/c1-30-42(72-29-59-30)32-10-8-31(9-11-32)24-58-45(68)39-20-36(65)26-64(39)46(69)43-49(2,3)22-35(60-43)28-70-19-18-62-16-17-63(41(66)27-62)40-15-13-34(25-57-40)44(67)61-47-50(4,5)48(51(47,6)7)71-37-14-12-33(23-56)38(21-37)52(53,54)55/h8-15,21-22,25,29,36,39,43,47-48,60,65H,16-20,24,26-28H2,1-7H3,(H,58,68)(H,61,67)/t36-,39+,43?,47?,48?/m1/s1. The molecule has 2 aromatic carbocycles. The zero-order valence-corrected chi connectivity index (χ0v) is 42.1. The molecular weight excluding hydrogens is 952 g/mol. The van der Waals surface area contributed by atoms with Gasteiger partial charge in [-0.05, 0) is 48.4 Å². The molecule has 8 rings (SSSR count). The number of hydrogen-bond donors (Lipinski definition) is 4. The molecule has 0 spiro atoms. The Morgan fingerprint density at radius 3 is 2.39 bits per heavy atom. The number of ether oxygens (including phenoxy) is 2. The van der Waals surface area contributed by atoms with Gasteiger partial charge in [-0.15, -0.1) is 11.3 Å². The number of nitrogens with one attached hydrogen (secondary N) is 3. The normalized spacial score (nSPS) is 23.4. The number of carbonyl (C=O) groups excluding carboxylic acids is 4. The van der Waals surface area contributed by atoms with E-state index in [0.717, 1.165) is 39.5 Å². The van der Waals surface area contributed by atoms with Gasteiger partial charge in [0, 0.05) is 73.3 Å². The number of nitriles is 1. The number of piperazine rings is 1. The Balaban J connectivity index is 0.766. The lowest BCUT2D eigenvalue weighted by molar-refractivity contribution is -0.164. The molecule has 2 saturated heterocycles. The summed E-state index contributed by atoms with van der Waals surface area (Å²) in [5, 5.41) is 29.1. The summed E-state index contributed by atoms with van der Waals surface area (Å²) in [5.74, 6) is -0.805. The number of pyridine rings is 1. The topological polar surface area (TPSA) is 202 Å². The second-order valence-electron chi connectivity index (χ2n) is 20.8. The van der Waals surface area contributed by atoms with Crippen LogP contribution in [0.3, 0.4) is 0 Å². The van der Waals surface area contributed by atoms with Crippen LogP contribution in [0, 0.1) is 34.5 Å². The molecule has 1 saturated carbocycles. The molecule has 3 atom stereocenters. The highest BCUT2D eigenvalue weighted by atomic mass is 32.1. The van der Waals surface area contributed by atoms with Crippen LogP contribution in [0.25, 0.3) is 10.4 Å². The number of carbonyl (C=O) groups is 4. The number of amides is 4. The van der Waals surface area contributed by atoms with E-state index in [4.69, 9.17) is 9.47 Å². The van der Waals surface area contributed by atoms with Gasteiger partial charge in [0.25, 0.3) is 5.91 Å². The monoisotopic (exact) mass is 1010 g/mol. The van der Waals surface area contributed by atoms with Crippen LogP contribution in [-0.4, -0.2) is 125 Å². The van der Waals surface area contributed by atoms with E-state index >= 15 is 0 Å². The predicted molar refractivity (Wildman–Crippen MR) is 262 cm³/mol. The Kier molecular flexibility index (Phi) is 14.6. The maximum absolute atomic E-state index is 14.1. The number of aliphatic hydroxyl groups excluding tert-OH is 1. The van der Waals surface area contributed by atoms with Gasteiger partial charge >= 0.3 is 6.18 Å². The second kappa shape index (κ2) is 20.2. The average molecular weight is 1010 g/mol. The molecular formula is C52H60F3N9O7S. The lowest BCUT2D eigenvalue weighted by Gasteiger charge is -2.63. The number of rotatable bonds is 15. The minimum absolute atomic E-state index is 0.0256. The summed E-state index contributed by atoms with van der Waals surface area (Å²) in [7, 11) is 0. The number of thiazole rings is 1. The molecule has 4 N–H and O–H groups in total. The fourth-order valence-corrected chi connectivity index (χ4v) is 11.6. The molecule has 1 aliphatic carbocycles. The molecule has 20 heteroatoms. The number of alkyl halides is 3. The zero-order valence-electron chi connectivity index (χ0n) is 41.3. The summed E-state index contributed by atoms with van der Waals surface area (Å²) in [6.45, 7) is 15.7. The van der Waals surface area contributed by atoms with Gasteiger partial charge in [0.15, 0.2) is 0 Å². The molecule has 4 aliphatic rings. The molecule has 3 aliphatic heterocycles. The molecule has 4 amide bonds. The first-order chi connectivity index (χ1) is 34.0. The van der Waals surface area contributed by atoms with E-state index in [-0.39, 0.29) is 61.7 Å². The van der Waals surface area contributed by atoms with Crippen molar-refractivity contribution in [1.82, 2.24) is 35.7 Å². The number of nitrogens with zero attached hydrogens (tertiary/aromatic N) is 6. The lowest BCUT2D eigenvalue weighted by Crippen LogP contribution is -2.74. The predicted octanol–water partition coefficient (Wildman–Crippen LogP) is 5.84. The van der Waals surface area contributed by atoms with Gasteiger partial charge in [-0.25, -0.2) is 9.97 Å². The molecule has 0 radical (unpaired) electrons. The third-order valence-corrected chi connectivity index (χ3v) is 15.3. The van der Waals surface area contributed by atoms with E-state index in [2.05, 4.69) is 25.9 Å². The van der Waals surface area contributed by atoms with Gasteiger partial charge in [0.05, 0.1) is 64.7 Å². The van der Waals surface area contributed by atoms with E-state index < -0.39 is 69.8 Å². The number of aromatic nitrogens is 2. The fraction of sp³-hybridized carbons (Fsp3) is 0.481. The van der Waals surface area contributed by atoms with Crippen molar-refractivity contribution in [3.8, 4) is 22.3 Å². The largest absolute Gasteiger partial charge is 0.489 e. The van der Waals surface area contributed by atoms with E-state index in [0.29, 0.717) is 32.1 Å². The van der Waals surface area contributed by atoms with Crippen LogP contribution in [0.15, 0.2) is 78.1 Å². The molecule has 0 bridgehead atoms. The Bertz CT molecular complexity index is 2760. The van der Waals surface area contributed by atoms with E-state index in [1.54, 1.807) is 34.4 Å². The number of β-amino-alcohol motifs (C(OH)–C–C–N with tert-alkyl or cyclic N) is 1. The quantitative estimate of drug-likeness (QED) is 0.104. The average Bonchev–Trinajstić information content (AvgIpc) is 4.04. The van der Waals surface area contributed by atoms with Crippen LogP contribution in [0.4, 0.5) is 19.0 Å². The van der Waals surface area contributed by atoms with Gasteiger partial charge in [-0.1, -0.05) is 71.9 Å². The SMILES string of the molecule is Cc1ncsc1-c1ccc(CNC(=O)[C@@H]2C[C@@H](O)CN2C(=O)C2NC(COCCN3CCN(c4ccc(C(=O)NC5C(C)(C)C(Oc6ccc(C#N)c(C(F)(F)F)c6)C5(C)C)cn4)C(=O)C3)=CC2(C)C)cc1. The van der Waals surface area contributed by atoms with Gasteiger partial charge in [0.1, 0.15) is 29.8 Å². The van der Waals surface area contributed by atoms with Crippen LogP contribution in [0.2, 0.25) is 0 Å². The summed E-state index contributed by atoms with van der Waals surface area (Å²) in [5.41, 5.74) is 2.16. The number of hydrogen-bond acceptors (Lipinski definition) is 13. The van der Waals surface area contributed by atoms with Crippen molar-refractivity contribution >= 4 is 40.8 Å². The molecule has 16 nitrogen and oxygen atoms in total. The van der Waals surface area contributed by atoms with Crippen molar-refractivity contribution in [2.24, 2.45) is 16.2 Å². The summed E-state index contributed by atoms with van der Waals surface area (Å²) in [4.78, 5) is 69.2. The third kappa shape index (κ3) is 10.7. The second-order valence-corrected chi connectivity index (χ2v) is 21.6. The zero-order chi connectivity index (χ0) is 51.9. The summed E-state index contributed by atoms with van der Waals surface area (Å²) in [6.07, 6.45) is -2.63. The van der Waals surface area contributed by atoms with Crippen molar-refractivity contribution < 1.29 is 46.9 Å². The van der Waals surface area contributed by atoms with Gasteiger partial charge in [-0.3, -0.25) is 29.0 Å². The van der Waals surface area contributed by atoms with Gasteiger partial charge in [0.2, 0.25) is 17.7 Å². The minimum atomic E-state index is -4.73. The van der Waals surface area contributed by atoms with E-state index in [9.17, 15) is 42.7 Å². The molecule has 4 aromatic rings. The minimum Gasteiger partial charge on any atom is -0.489 e. The number of anilines is 1. The molecule has 3 fully saturated rings. The fourth-order valence-electron chi connectivity index (χ4n) is 10.8. The Morgan fingerprint density at radius 1 is 1.01 bits per heavy atom. The van der Waals surface area contributed by atoms with Crippen LogP contribution >= 0.6 is 11.3 Å². The Hall–Kier alpha value is -6.40. The van der Waals surface area contributed by atoms with Crippen LogP contribution in [0.5, 0.6) is 5.75 Å². The number of benzene rings is 2. The van der Waals surface area contributed by atoms with Crippen molar-refractivity contribution in [3.05, 3.63) is 106 Å². The van der Waals surface area contributed by atoms with Gasteiger partial charge < -0.3 is 35.4 Å². The Morgan fingerprint density at radius 2 is 1.75 bits per heavy atom. The van der Waals surface area contributed by atoms with Crippen molar-refractivity contribution in [2.75, 3.05) is 50.8 Å². The van der Waals surface area contributed by atoms with Crippen LogP contribution in [-0.2, 0) is 31.8 Å². The summed E-state index contributed by atoms with van der Waals surface area (Å²) in [6, 6.07) is 14.0. The van der Waals surface area contributed by atoms with Crippen molar-refractivity contribution in [3.63, 3.8) is 0 Å². The molecule has 5 heterocycles. The Labute approximate surface area is 420 Å². The number of aliphatic hydroxyl groups is 1. The van der Waals surface area contributed by atoms with Gasteiger partial charge in [-0.2, -0.15) is 18.4 Å². The number of likely N-dealkylation sites (tertiary alicyclic amines) is 1. The number of halogens is 3. The van der Waals surface area contributed by atoms with E-state index in [1.807, 2.05) is 89.2 Å². The van der Waals surface area contributed by atoms with Crippen molar-refractivity contribution in [1.29, 1.82) is 5.26 Å². The number of aryl methyl sites for hydroxylation is 1. The maximum Gasteiger partial charge on any atom is 0.417 e. The first-order valence-electron chi connectivity index (χ1n) is 23.9. The van der Waals surface area contributed by atoms with Crippen LogP contribution in [0.1, 0.15) is 80.7 Å². The van der Waals surface area contributed by atoms with E-state index in [1.165, 1.54) is 17.2 Å². The molecule has 72 heavy (non-hydrogen) atoms. The highest BCUT2D eigenvalue weighted by molar-refractivity contribution is 7.13. The smallest absolute Gasteiger partial charge is 0.417 e. The first kappa shape index (κ1) is 51.9.